The van der Waals surface area contributed by atoms with E-state index in [1.807, 2.05) is 6.92 Å². The molecule has 0 aromatic rings. The Morgan fingerprint density at radius 2 is 1.64 bits per heavy atom. The summed E-state index contributed by atoms with van der Waals surface area (Å²) < 4.78 is 37.7. The van der Waals surface area contributed by atoms with Crippen LogP contribution in [0, 0.1) is 0 Å². The highest BCUT2D eigenvalue weighted by atomic mass is 19.4. The van der Waals surface area contributed by atoms with Crippen molar-refractivity contribution in [3.8, 4) is 0 Å². The van der Waals surface area contributed by atoms with Crippen molar-refractivity contribution in [3.63, 3.8) is 0 Å². The van der Waals surface area contributed by atoms with Gasteiger partial charge in [0.15, 0.2) is 0 Å². The summed E-state index contributed by atoms with van der Waals surface area (Å²) in [4.78, 5) is 0. The fraction of sp³-hybridized carbons (Fsp3) is 1.00. The fourth-order valence-corrected chi connectivity index (χ4v) is 1.31. The minimum Gasteiger partial charge on any atom is -0.307 e. The van der Waals surface area contributed by atoms with Gasteiger partial charge in [-0.15, -0.1) is 0 Å². The number of hydrogen-bond acceptors (Lipinski definition) is 1. The van der Waals surface area contributed by atoms with Crippen molar-refractivity contribution in [1.29, 1.82) is 0 Å². The molecule has 0 aromatic heterocycles. The molecule has 0 aliphatic heterocycles. The van der Waals surface area contributed by atoms with E-state index >= 15 is 0 Å². The van der Waals surface area contributed by atoms with Gasteiger partial charge < -0.3 is 5.32 Å². The van der Waals surface area contributed by atoms with Crippen molar-refractivity contribution in [2.75, 3.05) is 7.05 Å². The summed E-state index contributed by atoms with van der Waals surface area (Å²) in [5.74, 6) is 0. The molecule has 0 rings (SSSR count). The molecular formula is C10H20F3N. The van der Waals surface area contributed by atoms with Crippen LogP contribution in [-0.4, -0.2) is 18.8 Å². The van der Waals surface area contributed by atoms with Crippen LogP contribution >= 0.6 is 0 Å². The number of unbranched alkanes of at least 4 members (excludes halogenated alkanes) is 3. The molecule has 14 heavy (non-hydrogen) atoms. The molecule has 1 nitrogen and oxygen atoms in total. The Bertz CT molecular complexity index is 156. The van der Waals surface area contributed by atoms with Crippen LogP contribution in [0.3, 0.4) is 0 Å². The average Bonchev–Trinajstić information content (AvgIpc) is 2.10. The number of hydrogen-bond donors (Lipinski definition) is 1. The summed E-state index contributed by atoms with van der Waals surface area (Å²) in [5.41, 5.74) is -1.72. The lowest BCUT2D eigenvalue weighted by atomic mass is 9.93. The molecule has 0 bridgehead atoms. The molecule has 0 fully saturated rings. The molecule has 1 atom stereocenters. The molecule has 0 aliphatic carbocycles. The van der Waals surface area contributed by atoms with Gasteiger partial charge >= 0.3 is 6.18 Å². The number of rotatable bonds is 6. The van der Waals surface area contributed by atoms with Crippen molar-refractivity contribution in [2.45, 2.75) is 57.7 Å². The van der Waals surface area contributed by atoms with Crippen molar-refractivity contribution < 1.29 is 13.2 Å². The van der Waals surface area contributed by atoms with Crippen LogP contribution in [0.4, 0.5) is 13.2 Å². The first-order chi connectivity index (χ1) is 6.37. The topological polar surface area (TPSA) is 12.0 Å². The van der Waals surface area contributed by atoms with Crippen LogP contribution in [0.15, 0.2) is 0 Å². The lowest BCUT2D eigenvalue weighted by molar-refractivity contribution is -0.192. The van der Waals surface area contributed by atoms with Crippen molar-refractivity contribution in [3.05, 3.63) is 0 Å². The van der Waals surface area contributed by atoms with E-state index in [2.05, 4.69) is 5.32 Å². The van der Waals surface area contributed by atoms with Crippen molar-refractivity contribution in [1.82, 2.24) is 5.32 Å². The second-order valence-electron chi connectivity index (χ2n) is 3.89. The van der Waals surface area contributed by atoms with Crippen LogP contribution < -0.4 is 5.32 Å². The van der Waals surface area contributed by atoms with Gasteiger partial charge in [0.25, 0.3) is 0 Å². The summed E-state index contributed by atoms with van der Waals surface area (Å²) in [5, 5.41) is 2.37. The summed E-state index contributed by atoms with van der Waals surface area (Å²) in [6, 6.07) is 0. The third-order valence-corrected chi connectivity index (χ3v) is 2.71. The van der Waals surface area contributed by atoms with Crippen LogP contribution in [0.1, 0.15) is 46.0 Å². The molecule has 4 heteroatoms. The Balaban J connectivity index is 4.01. The first-order valence-corrected chi connectivity index (χ1v) is 5.13. The maximum Gasteiger partial charge on any atom is 0.406 e. The van der Waals surface area contributed by atoms with E-state index in [9.17, 15) is 13.2 Å². The summed E-state index contributed by atoms with van der Waals surface area (Å²) in [7, 11) is 1.37. The van der Waals surface area contributed by atoms with Gasteiger partial charge in [-0.3, -0.25) is 0 Å². The Morgan fingerprint density at radius 3 is 2.00 bits per heavy atom. The molecule has 1 unspecified atom stereocenters. The normalized spacial score (nSPS) is 16.7. The van der Waals surface area contributed by atoms with Gasteiger partial charge in [-0.05, 0) is 20.4 Å². The lowest BCUT2D eigenvalue weighted by Crippen LogP contribution is -2.52. The van der Waals surface area contributed by atoms with Gasteiger partial charge in [0, 0.05) is 0 Å². The Hall–Kier alpha value is -0.250. The molecular weight excluding hydrogens is 191 g/mol. The van der Waals surface area contributed by atoms with E-state index in [1.54, 1.807) is 0 Å². The maximum absolute atomic E-state index is 12.6. The largest absolute Gasteiger partial charge is 0.406 e. The van der Waals surface area contributed by atoms with E-state index in [1.165, 1.54) is 14.0 Å². The lowest BCUT2D eigenvalue weighted by Gasteiger charge is -2.31. The molecule has 0 aromatic carbocycles. The predicted molar refractivity (Wildman–Crippen MR) is 52.3 cm³/mol. The van der Waals surface area contributed by atoms with Crippen molar-refractivity contribution >= 4 is 0 Å². The highest BCUT2D eigenvalue weighted by Crippen LogP contribution is 2.33. The first-order valence-electron chi connectivity index (χ1n) is 5.13. The molecule has 0 radical (unpaired) electrons. The maximum atomic E-state index is 12.6. The van der Waals surface area contributed by atoms with Gasteiger partial charge in [-0.25, -0.2) is 0 Å². The first kappa shape index (κ1) is 13.8. The van der Waals surface area contributed by atoms with Crippen LogP contribution in [0.25, 0.3) is 0 Å². The number of alkyl halides is 3. The molecule has 86 valence electrons. The second kappa shape index (κ2) is 5.59. The SMILES string of the molecule is CCCCCCC(C)(NC)C(F)(F)F. The summed E-state index contributed by atoms with van der Waals surface area (Å²) in [6.45, 7) is 3.26. The highest BCUT2D eigenvalue weighted by molar-refractivity contribution is 4.89. The quantitative estimate of drug-likeness (QED) is 0.663. The molecule has 0 saturated heterocycles. The van der Waals surface area contributed by atoms with E-state index < -0.39 is 11.7 Å². The van der Waals surface area contributed by atoms with E-state index in [-0.39, 0.29) is 6.42 Å². The molecule has 0 spiro atoms. The zero-order valence-electron chi connectivity index (χ0n) is 9.17. The number of halogens is 3. The van der Waals surface area contributed by atoms with Gasteiger partial charge in [-0.1, -0.05) is 32.6 Å². The predicted octanol–water partition coefficient (Wildman–Crippen LogP) is 3.50. The molecule has 0 aliphatic rings. The van der Waals surface area contributed by atoms with Gasteiger partial charge in [0.05, 0.1) is 0 Å². The Kier molecular flexibility index (Phi) is 5.49. The Morgan fingerprint density at radius 1 is 1.07 bits per heavy atom. The van der Waals surface area contributed by atoms with Gasteiger partial charge in [0.2, 0.25) is 0 Å². The van der Waals surface area contributed by atoms with Crippen LogP contribution in [0.5, 0.6) is 0 Å². The molecule has 0 amide bonds. The third-order valence-electron chi connectivity index (χ3n) is 2.71. The second-order valence-corrected chi connectivity index (χ2v) is 3.89. The zero-order chi connectivity index (χ0) is 11.2. The van der Waals surface area contributed by atoms with E-state index in [4.69, 9.17) is 0 Å². The summed E-state index contributed by atoms with van der Waals surface area (Å²) >= 11 is 0. The highest BCUT2D eigenvalue weighted by Gasteiger charge is 2.49. The smallest absolute Gasteiger partial charge is 0.307 e. The van der Waals surface area contributed by atoms with Crippen molar-refractivity contribution in [2.24, 2.45) is 0 Å². The standard InChI is InChI=1S/C10H20F3N/c1-4-5-6-7-8-9(2,14-3)10(11,12)13/h14H,4-8H2,1-3H3. The monoisotopic (exact) mass is 211 g/mol. The minimum atomic E-state index is -4.16. The van der Waals surface area contributed by atoms with E-state index in [0.717, 1.165) is 19.3 Å². The minimum absolute atomic E-state index is 0.160. The zero-order valence-corrected chi connectivity index (χ0v) is 9.17. The third kappa shape index (κ3) is 3.86. The Labute approximate surface area is 84.1 Å². The molecule has 0 saturated carbocycles. The van der Waals surface area contributed by atoms with Crippen LogP contribution in [0.2, 0.25) is 0 Å². The number of nitrogens with one attached hydrogen (secondary N) is 1. The van der Waals surface area contributed by atoms with Gasteiger partial charge in [0.1, 0.15) is 5.54 Å². The fourth-order valence-electron chi connectivity index (χ4n) is 1.31. The van der Waals surface area contributed by atoms with Crippen LogP contribution in [-0.2, 0) is 0 Å². The average molecular weight is 211 g/mol. The molecule has 0 heterocycles. The molecule has 1 N–H and O–H groups in total. The van der Waals surface area contributed by atoms with E-state index in [0.29, 0.717) is 6.42 Å². The van der Waals surface area contributed by atoms with Gasteiger partial charge in [-0.2, -0.15) is 13.2 Å². The summed E-state index contributed by atoms with van der Waals surface area (Å²) in [6.07, 6.45) is -0.435.